The van der Waals surface area contributed by atoms with Crippen molar-refractivity contribution in [3.05, 3.63) is 145 Å². The molecule has 4 aromatic heterocycles. The van der Waals surface area contributed by atoms with Gasteiger partial charge in [-0.15, -0.1) is 0 Å². The maximum absolute atomic E-state index is 9.38. The number of rotatable bonds is 4. The lowest BCUT2D eigenvalue weighted by molar-refractivity contribution is 0.669. The Morgan fingerprint density at radius 2 is 1.33 bits per heavy atom. The Bertz CT molecular complexity index is 3410. The molecule has 6 nitrogen and oxygen atoms in total. The summed E-state index contributed by atoms with van der Waals surface area (Å²) in [6, 6.07) is 12.9. The van der Waals surface area contributed by atoms with E-state index in [1.54, 1.807) is 4.57 Å². The van der Waals surface area contributed by atoms with Crippen molar-refractivity contribution in [2.45, 2.75) is 6.54 Å². The molecule has 0 N–H and O–H groups in total. The summed E-state index contributed by atoms with van der Waals surface area (Å²) in [5.41, 5.74) is 2.34. The third-order valence-electron chi connectivity index (χ3n) is 8.34. The molecule has 0 spiro atoms. The Labute approximate surface area is 279 Å². The van der Waals surface area contributed by atoms with E-state index in [-0.39, 0.29) is 57.3 Å². The predicted molar refractivity (Wildman–Crippen MR) is 185 cm³/mol. The highest BCUT2D eigenvalue weighted by molar-refractivity contribution is 6.24. The van der Waals surface area contributed by atoms with Crippen LogP contribution in [0, 0.1) is 0 Å². The molecule has 6 heteroatoms. The number of hydrogen-bond donors (Lipinski definition) is 0. The molecule has 0 saturated carbocycles. The summed E-state index contributed by atoms with van der Waals surface area (Å²) in [7, 11) is 0. The van der Waals surface area contributed by atoms with Gasteiger partial charge in [-0.3, -0.25) is 0 Å². The fraction of sp³-hybridized carbons (Fsp3) is 0.0250. The monoisotopic (exact) mass is 603 g/mol. The van der Waals surface area contributed by atoms with E-state index in [0.717, 1.165) is 27.9 Å². The summed E-state index contributed by atoms with van der Waals surface area (Å²) in [5.74, 6) is -0.154. The van der Waals surface area contributed by atoms with Crippen LogP contribution >= 0.6 is 0 Å². The van der Waals surface area contributed by atoms with Gasteiger partial charge in [0.2, 0.25) is 0 Å². The molecule has 0 unspecified atom stereocenters. The van der Waals surface area contributed by atoms with E-state index in [9.17, 15) is 2.74 Å². The lowest BCUT2D eigenvalue weighted by Crippen LogP contribution is -2.07. The normalized spacial score (nSPS) is 15.7. The lowest BCUT2D eigenvalue weighted by atomic mass is 10.1. The maximum Gasteiger partial charge on any atom is 0.165 e. The van der Waals surface area contributed by atoms with Crippen molar-refractivity contribution < 1.29 is 20.9 Å². The number of para-hydroxylation sites is 5. The maximum atomic E-state index is 9.38. The first-order valence-electron chi connectivity index (χ1n) is 20.4. The standard InChI is InChI=1S/C40H25N5O/c1-6-16-31-25(11-1)26-12-2-7-17-32(26)44(31)23-37-41-24-42-40(43-37)29-14-4-9-19-34(29)45-33-18-8-3-13-27(33)28-21-22-36-38(39(28)45)30-15-5-10-20-35(30)46-36/h1-22,24H,23H2/i1D,2D,4D,6D,7D,9D,11D,12D,14D,16D,17D,19D. The van der Waals surface area contributed by atoms with Crippen molar-refractivity contribution in [1.82, 2.24) is 24.1 Å². The van der Waals surface area contributed by atoms with Gasteiger partial charge >= 0.3 is 0 Å². The summed E-state index contributed by atoms with van der Waals surface area (Å²) in [5, 5.41) is 2.99. The highest BCUT2D eigenvalue weighted by Crippen LogP contribution is 2.42. The van der Waals surface area contributed by atoms with Crippen LogP contribution in [0.2, 0.25) is 0 Å². The third-order valence-corrected chi connectivity index (χ3v) is 8.34. The molecular weight excluding hydrogens is 566 g/mol. The SMILES string of the molecule is [2H]c1c([2H])c([2H])c(-n2c3ccccc3c3ccc4oc5ccccc5c4c32)c(-c2ncnc(Cn3c4c([2H])c([2H])c([2H])c([2H])c4c4c([2H])c([2H])c([2H])c([2H])c43)n2)c1[2H]. The number of furan rings is 1. The first-order valence-corrected chi connectivity index (χ1v) is 14.4. The summed E-state index contributed by atoms with van der Waals surface area (Å²) < 4.78 is 114. The van der Waals surface area contributed by atoms with Crippen LogP contribution in [-0.4, -0.2) is 24.1 Å². The largest absolute Gasteiger partial charge is 0.456 e. The van der Waals surface area contributed by atoms with Gasteiger partial charge in [0, 0.05) is 43.5 Å². The van der Waals surface area contributed by atoms with Gasteiger partial charge in [0.25, 0.3) is 0 Å². The van der Waals surface area contributed by atoms with Crippen LogP contribution in [0.1, 0.15) is 22.3 Å². The average Bonchev–Trinajstić information content (AvgIpc) is 3.89. The number of nitrogens with zero attached hydrogens (tertiary/aromatic N) is 5. The van der Waals surface area contributed by atoms with E-state index in [4.69, 9.17) is 23.1 Å². The van der Waals surface area contributed by atoms with E-state index < -0.39 is 66.5 Å². The Balaban J connectivity index is 1.28. The van der Waals surface area contributed by atoms with Crippen molar-refractivity contribution in [1.29, 1.82) is 0 Å². The Kier molecular flexibility index (Phi) is 3.38. The Morgan fingerprint density at radius 1 is 0.609 bits per heavy atom. The molecule has 0 amide bonds. The number of hydrogen-bond acceptors (Lipinski definition) is 4. The van der Waals surface area contributed by atoms with Gasteiger partial charge in [-0.1, -0.05) is 84.7 Å². The number of aromatic nitrogens is 5. The van der Waals surface area contributed by atoms with E-state index in [2.05, 4.69) is 9.97 Å². The van der Waals surface area contributed by atoms with Gasteiger partial charge in [0.05, 0.1) is 45.1 Å². The Morgan fingerprint density at radius 3 is 2.17 bits per heavy atom. The molecule has 0 fully saturated rings. The Hall–Kier alpha value is -6.27. The molecule has 4 heterocycles. The molecular formula is C40H25N5O. The van der Waals surface area contributed by atoms with Crippen LogP contribution in [0.3, 0.4) is 0 Å². The highest BCUT2D eigenvalue weighted by atomic mass is 16.3. The smallest absolute Gasteiger partial charge is 0.165 e. The first kappa shape index (κ1) is 16.2. The molecule has 46 heavy (non-hydrogen) atoms. The summed E-state index contributed by atoms with van der Waals surface area (Å²) >= 11 is 0. The minimum Gasteiger partial charge on any atom is -0.456 e. The second-order valence-corrected chi connectivity index (χ2v) is 10.8. The molecule has 0 aliphatic carbocycles. The zero-order valence-corrected chi connectivity index (χ0v) is 23.7. The minimum absolute atomic E-state index is 0.0209. The third kappa shape index (κ3) is 3.55. The quantitative estimate of drug-likeness (QED) is 0.201. The van der Waals surface area contributed by atoms with Crippen LogP contribution < -0.4 is 0 Å². The minimum atomic E-state index is -0.567. The van der Waals surface area contributed by atoms with Crippen LogP contribution in [0.15, 0.2) is 144 Å². The lowest BCUT2D eigenvalue weighted by Gasteiger charge is -2.14. The average molecular weight is 604 g/mol. The van der Waals surface area contributed by atoms with E-state index in [0.29, 0.717) is 22.2 Å². The van der Waals surface area contributed by atoms with E-state index >= 15 is 0 Å². The molecule has 0 atom stereocenters. The molecule has 216 valence electrons. The number of fused-ring (bicyclic) bond motifs is 10. The van der Waals surface area contributed by atoms with Gasteiger partial charge in [-0.2, -0.15) is 0 Å². The van der Waals surface area contributed by atoms with Crippen LogP contribution in [0.25, 0.3) is 82.6 Å². The molecule has 0 bridgehead atoms. The summed E-state index contributed by atoms with van der Waals surface area (Å²) in [6.07, 6.45) is 1.16. The van der Waals surface area contributed by atoms with Gasteiger partial charge in [0.15, 0.2) is 11.6 Å². The first-order chi connectivity index (χ1) is 27.8. The van der Waals surface area contributed by atoms with Crippen molar-refractivity contribution >= 4 is 65.6 Å². The van der Waals surface area contributed by atoms with Crippen molar-refractivity contribution in [3.8, 4) is 17.1 Å². The van der Waals surface area contributed by atoms with Crippen LogP contribution in [0.5, 0.6) is 0 Å². The summed E-state index contributed by atoms with van der Waals surface area (Å²) in [4.78, 5) is 13.5. The molecule has 0 radical (unpaired) electrons. The van der Waals surface area contributed by atoms with Crippen molar-refractivity contribution in [3.63, 3.8) is 0 Å². The molecule has 10 rings (SSSR count). The zero-order valence-electron chi connectivity index (χ0n) is 35.7. The van der Waals surface area contributed by atoms with Gasteiger partial charge in [-0.25, -0.2) is 15.0 Å². The predicted octanol–water partition coefficient (Wildman–Crippen LogP) is 9.69. The topological polar surface area (TPSA) is 61.7 Å². The zero-order chi connectivity index (χ0) is 40.6. The second-order valence-electron chi connectivity index (χ2n) is 10.8. The van der Waals surface area contributed by atoms with Gasteiger partial charge in [0.1, 0.15) is 17.5 Å². The number of benzene rings is 6. The van der Waals surface area contributed by atoms with Crippen LogP contribution in [-0.2, 0) is 6.54 Å². The highest BCUT2D eigenvalue weighted by Gasteiger charge is 2.21. The second kappa shape index (κ2) is 9.61. The van der Waals surface area contributed by atoms with Gasteiger partial charge in [-0.05, 0) is 48.4 Å². The summed E-state index contributed by atoms with van der Waals surface area (Å²) in [6.45, 7) is -0.364. The van der Waals surface area contributed by atoms with E-state index in [1.165, 1.54) is 4.57 Å². The van der Waals surface area contributed by atoms with Crippen molar-refractivity contribution in [2.24, 2.45) is 0 Å². The molecule has 0 aliphatic rings. The molecule has 0 saturated heterocycles. The molecule has 0 aliphatic heterocycles. The fourth-order valence-corrected chi connectivity index (χ4v) is 6.45. The van der Waals surface area contributed by atoms with Crippen LogP contribution in [0.4, 0.5) is 0 Å². The fourth-order valence-electron chi connectivity index (χ4n) is 6.45. The molecule has 6 aromatic carbocycles. The molecule has 10 aromatic rings. The van der Waals surface area contributed by atoms with Gasteiger partial charge < -0.3 is 13.6 Å². The van der Waals surface area contributed by atoms with Crippen molar-refractivity contribution in [2.75, 3.05) is 0 Å². The van der Waals surface area contributed by atoms with E-state index in [1.807, 2.05) is 60.7 Å².